The first kappa shape index (κ1) is 18.5. The summed E-state index contributed by atoms with van der Waals surface area (Å²) in [6.45, 7) is 3.42. The standard InChI is InChI=1S/C17H16Br2N2O3/c1-10-7-12(18)8-14(19)17(10)24-9-16(23)21-20-11(2)13-5-3-4-6-15(13)22/h3-8,22H,9H2,1-2H3,(H,21,23). The molecule has 0 bridgehead atoms. The predicted molar refractivity (Wildman–Crippen MR) is 101 cm³/mol. The highest BCUT2D eigenvalue weighted by molar-refractivity contribution is 9.11. The molecule has 2 aromatic carbocycles. The topological polar surface area (TPSA) is 70.9 Å². The number of rotatable bonds is 5. The van der Waals surface area contributed by atoms with Crippen molar-refractivity contribution in [2.24, 2.45) is 5.10 Å². The van der Waals surface area contributed by atoms with Gasteiger partial charge in [-0.05, 0) is 59.6 Å². The van der Waals surface area contributed by atoms with E-state index in [9.17, 15) is 9.90 Å². The van der Waals surface area contributed by atoms with Crippen molar-refractivity contribution in [1.82, 2.24) is 5.43 Å². The predicted octanol–water partition coefficient (Wildman–Crippen LogP) is 4.14. The van der Waals surface area contributed by atoms with Gasteiger partial charge < -0.3 is 9.84 Å². The molecule has 0 fully saturated rings. The summed E-state index contributed by atoms with van der Waals surface area (Å²) in [7, 11) is 0. The van der Waals surface area contributed by atoms with Crippen molar-refractivity contribution in [1.29, 1.82) is 0 Å². The summed E-state index contributed by atoms with van der Waals surface area (Å²) >= 11 is 6.80. The Morgan fingerprint density at radius 1 is 1.29 bits per heavy atom. The lowest BCUT2D eigenvalue weighted by molar-refractivity contribution is -0.123. The van der Waals surface area contributed by atoms with Crippen LogP contribution in [0.5, 0.6) is 11.5 Å². The number of phenols is 1. The Balaban J connectivity index is 1.97. The molecule has 1 amide bonds. The van der Waals surface area contributed by atoms with Crippen LogP contribution in [0.1, 0.15) is 18.1 Å². The Morgan fingerprint density at radius 2 is 2.00 bits per heavy atom. The van der Waals surface area contributed by atoms with Crippen LogP contribution in [-0.2, 0) is 4.79 Å². The molecule has 0 aliphatic rings. The van der Waals surface area contributed by atoms with Gasteiger partial charge in [-0.15, -0.1) is 0 Å². The molecule has 0 heterocycles. The molecule has 0 aliphatic heterocycles. The molecule has 24 heavy (non-hydrogen) atoms. The van der Waals surface area contributed by atoms with E-state index in [-0.39, 0.29) is 18.3 Å². The van der Waals surface area contributed by atoms with Crippen molar-refractivity contribution in [3.8, 4) is 11.5 Å². The van der Waals surface area contributed by atoms with Crippen molar-refractivity contribution in [2.75, 3.05) is 6.61 Å². The number of aryl methyl sites for hydroxylation is 1. The number of hydrazone groups is 1. The molecule has 5 nitrogen and oxygen atoms in total. The molecule has 0 aliphatic carbocycles. The maximum Gasteiger partial charge on any atom is 0.277 e. The number of carbonyl (C=O) groups is 1. The summed E-state index contributed by atoms with van der Waals surface area (Å²) in [5.41, 5.74) is 4.38. The Bertz CT molecular complexity index is 768. The number of benzene rings is 2. The van der Waals surface area contributed by atoms with Gasteiger partial charge in [0.05, 0.1) is 10.2 Å². The van der Waals surface area contributed by atoms with Crippen LogP contribution in [0.15, 0.2) is 50.4 Å². The fourth-order valence-electron chi connectivity index (χ4n) is 2.03. The van der Waals surface area contributed by atoms with Crippen LogP contribution in [0, 0.1) is 6.92 Å². The molecule has 2 rings (SSSR count). The first-order valence-electron chi connectivity index (χ1n) is 7.08. The second kappa shape index (κ2) is 8.30. The number of nitrogens with one attached hydrogen (secondary N) is 1. The number of amides is 1. The Kier molecular flexibility index (Phi) is 6.39. The number of ether oxygens (including phenoxy) is 1. The SMILES string of the molecule is CC(=NNC(=O)COc1c(C)cc(Br)cc1Br)c1ccccc1O. The lowest BCUT2D eigenvalue weighted by atomic mass is 10.1. The third-order valence-electron chi connectivity index (χ3n) is 3.18. The van der Waals surface area contributed by atoms with Gasteiger partial charge in [-0.25, -0.2) is 5.43 Å². The van der Waals surface area contributed by atoms with Gasteiger partial charge >= 0.3 is 0 Å². The van der Waals surface area contributed by atoms with Crippen LogP contribution >= 0.6 is 31.9 Å². The highest BCUT2D eigenvalue weighted by atomic mass is 79.9. The van der Waals surface area contributed by atoms with Crippen LogP contribution in [-0.4, -0.2) is 23.3 Å². The number of hydrogen-bond donors (Lipinski definition) is 2. The zero-order valence-corrected chi connectivity index (χ0v) is 16.3. The van der Waals surface area contributed by atoms with Crippen LogP contribution in [0.25, 0.3) is 0 Å². The zero-order chi connectivity index (χ0) is 17.7. The molecular weight excluding hydrogens is 440 g/mol. The minimum atomic E-state index is -0.390. The number of aromatic hydroxyl groups is 1. The lowest BCUT2D eigenvalue weighted by Crippen LogP contribution is -2.25. The maximum absolute atomic E-state index is 11.9. The fourth-order valence-corrected chi connectivity index (χ4v) is 3.58. The molecule has 0 saturated heterocycles. The summed E-state index contributed by atoms with van der Waals surface area (Å²) in [5.74, 6) is 0.326. The molecule has 2 N–H and O–H groups in total. The van der Waals surface area contributed by atoms with Gasteiger partial charge in [0.15, 0.2) is 6.61 Å². The molecule has 0 spiro atoms. The maximum atomic E-state index is 11.9. The summed E-state index contributed by atoms with van der Waals surface area (Å²) < 4.78 is 7.23. The number of para-hydroxylation sites is 1. The highest BCUT2D eigenvalue weighted by Gasteiger charge is 2.10. The Hall–Kier alpha value is -1.86. The average molecular weight is 456 g/mol. The third-order valence-corrected chi connectivity index (χ3v) is 4.23. The first-order valence-corrected chi connectivity index (χ1v) is 8.67. The van der Waals surface area contributed by atoms with Gasteiger partial charge in [0, 0.05) is 10.0 Å². The molecule has 0 unspecified atom stereocenters. The van der Waals surface area contributed by atoms with E-state index in [2.05, 4.69) is 42.4 Å². The van der Waals surface area contributed by atoms with Crippen molar-refractivity contribution < 1.29 is 14.6 Å². The summed E-state index contributed by atoms with van der Waals surface area (Å²) in [6, 6.07) is 10.5. The summed E-state index contributed by atoms with van der Waals surface area (Å²) in [4.78, 5) is 11.9. The average Bonchev–Trinajstić information content (AvgIpc) is 2.52. The minimum Gasteiger partial charge on any atom is -0.507 e. The van der Waals surface area contributed by atoms with Crippen molar-refractivity contribution in [2.45, 2.75) is 13.8 Å². The number of nitrogens with zero attached hydrogens (tertiary/aromatic N) is 1. The third kappa shape index (κ3) is 4.82. The monoisotopic (exact) mass is 454 g/mol. The molecule has 7 heteroatoms. The van der Waals surface area contributed by atoms with Gasteiger partial charge in [0.2, 0.25) is 0 Å². The molecule has 0 radical (unpaired) electrons. The van der Waals surface area contributed by atoms with Crippen LogP contribution < -0.4 is 10.2 Å². The number of hydrogen-bond acceptors (Lipinski definition) is 4. The van der Waals surface area contributed by atoms with Crippen molar-refractivity contribution in [3.05, 3.63) is 56.5 Å². The molecule has 2 aromatic rings. The van der Waals surface area contributed by atoms with Gasteiger partial charge in [-0.1, -0.05) is 28.1 Å². The molecule has 0 atom stereocenters. The summed E-state index contributed by atoms with van der Waals surface area (Å²) in [5, 5.41) is 13.7. The van der Waals surface area contributed by atoms with E-state index in [0.29, 0.717) is 17.0 Å². The van der Waals surface area contributed by atoms with E-state index in [4.69, 9.17) is 4.74 Å². The van der Waals surface area contributed by atoms with E-state index >= 15 is 0 Å². The van der Waals surface area contributed by atoms with Gasteiger partial charge in [0.25, 0.3) is 5.91 Å². The molecule has 0 aromatic heterocycles. The van der Waals surface area contributed by atoms with Crippen LogP contribution in [0.3, 0.4) is 0 Å². The van der Waals surface area contributed by atoms with E-state index in [1.54, 1.807) is 31.2 Å². The Morgan fingerprint density at radius 3 is 2.67 bits per heavy atom. The van der Waals surface area contributed by atoms with E-state index < -0.39 is 0 Å². The normalized spacial score (nSPS) is 11.2. The fraction of sp³-hybridized carbons (Fsp3) is 0.176. The quantitative estimate of drug-likeness (QED) is 0.525. The zero-order valence-electron chi connectivity index (χ0n) is 13.1. The number of halogens is 2. The van der Waals surface area contributed by atoms with Gasteiger partial charge in [-0.3, -0.25) is 4.79 Å². The smallest absolute Gasteiger partial charge is 0.277 e. The van der Waals surface area contributed by atoms with Crippen molar-refractivity contribution in [3.63, 3.8) is 0 Å². The van der Waals surface area contributed by atoms with Crippen LogP contribution in [0.2, 0.25) is 0 Å². The highest BCUT2D eigenvalue weighted by Crippen LogP contribution is 2.32. The second-order valence-electron chi connectivity index (χ2n) is 5.07. The number of phenolic OH excluding ortho intramolecular Hbond substituents is 1. The van der Waals surface area contributed by atoms with E-state index in [1.165, 1.54) is 0 Å². The molecular formula is C17H16Br2N2O3. The minimum absolute atomic E-state index is 0.110. The molecule has 0 saturated carbocycles. The van der Waals surface area contributed by atoms with Crippen LogP contribution in [0.4, 0.5) is 0 Å². The second-order valence-corrected chi connectivity index (χ2v) is 6.84. The number of carbonyl (C=O) groups excluding carboxylic acids is 1. The first-order chi connectivity index (χ1) is 11.4. The van der Waals surface area contributed by atoms with E-state index in [0.717, 1.165) is 14.5 Å². The molecule has 126 valence electrons. The largest absolute Gasteiger partial charge is 0.507 e. The Labute approximate surface area is 157 Å². The van der Waals surface area contributed by atoms with Gasteiger partial charge in [-0.2, -0.15) is 5.10 Å². The van der Waals surface area contributed by atoms with Crippen molar-refractivity contribution >= 4 is 43.5 Å². The lowest BCUT2D eigenvalue weighted by Gasteiger charge is -2.11. The summed E-state index contributed by atoms with van der Waals surface area (Å²) in [6.07, 6.45) is 0. The van der Waals surface area contributed by atoms with Gasteiger partial charge in [0.1, 0.15) is 11.5 Å². The van der Waals surface area contributed by atoms with E-state index in [1.807, 2.05) is 19.1 Å².